The van der Waals surface area contributed by atoms with Crippen LogP contribution in [0.4, 0.5) is 17.1 Å². The largest absolute Gasteiger partial charge is 0.494 e. The number of ether oxygens (including phenoxy) is 1. The minimum Gasteiger partial charge on any atom is -0.494 e. The Morgan fingerprint density at radius 2 is 1.76 bits per heavy atom. The third-order valence-electron chi connectivity index (χ3n) is 4.62. The van der Waals surface area contributed by atoms with Crippen molar-refractivity contribution in [2.45, 2.75) is 32.6 Å². The summed E-state index contributed by atoms with van der Waals surface area (Å²) in [6.45, 7) is 4.91. The molecular weight excluding hydrogens is 364 g/mol. The molecule has 1 fully saturated rings. The van der Waals surface area contributed by atoms with E-state index < -0.39 is 0 Å². The molecule has 29 heavy (non-hydrogen) atoms. The Kier molecular flexibility index (Phi) is 9.31. The van der Waals surface area contributed by atoms with E-state index in [0.29, 0.717) is 23.5 Å². The molecule has 0 radical (unpaired) electrons. The van der Waals surface area contributed by atoms with Crippen molar-refractivity contribution in [3.8, 4) is 5.75 Å². The van der Waals surface area contributed by atoms with Gasteiger partial charge < -0.3 is 26.0 Å². The lowest BCUT2D eigenvalue weighted by molar-refractivity contribution is 0.102. The van der Waals surface area contributed by atoms with Gasteiger partial charge in [-0.05, 0) is 75.8 Å². The van der Waals surface area contributed by atoms with E-state index in [0.717, 1.165) is 37.4 Å². The average molecular weight is 399 g/mol. The minimum absolute atomic E-state index is 0.154. The molecule has 1 saturated heterocycles. The highest BCUT2D eigenvalue weighted by molar-refractivity contribution is 6.04. The van der Waals surface area contributed by atoms with E-state index in [1.807, 2.05) is 44.4 Å². The number of carbonyl (C=O) groups is 1. The second-order valence-electron chi connectivity index (χ2n) is 7.15. The molecule has 0 atom stereocenters. The predicted octanol–water partition coefficient (Wildman–Crippen LogP) is 4.14. The molecule has 4 N–H and O–H groups in total. The molecule has 1 aliphatic heterocycles. The molecule has 0 unspecified atom stereocenters. The first-order chi connectivity index (χ1) is 14.1. The van der Waals surface area contributed by atoms with E-state index in [9.17, 15) is 4.79 Å². The number of rotatable bonds is 7. The zero-order chi connectivity index (χ0) is 21.1. The van der Waals surface area contributed by atoms with E-state index in [-0.39, 0.29) is 5.91 Å². The predicted molar refractivity (Wildman–Crippen MR) is 122 cm³/mol. The van der Waals surface area contributed by atoms with E-state index in [1.54, 1.807) is 12.1 Å². The molecule has 6 heteroatoms. The molecule has 1 amide bonds. The zero-order valence-electron chi connectivity index (χ0n) is 17.8. The fourth-order valence-corrected chi connectivity index (χ4v) is 3.12. The van der Waals surface area contributed by atoms with Crippen LogP contribution in [0.1, 0.15) is 43.0 Å². The highest BCUT2D eigenvalue weighted by Crippen LogP contribution is 2.29. The van der Waals surface area contributed by atoms with Crippen LogP contribution < -0.4 is 26.0 Å². The van der Waals surface area contributed by atoms with Crippen LogP contribution in [0, 0.1) is 0 Å². The van der Waals surface area contributed by atoms with Crippen LogP contribution in [0.2, 0.25) is 0 Å². The summed E-state index contributed by atoms with van der Waals surface area (Å²) in [6.07, 6.45) is 4.53. The van der Waals surface area contributed by atoms with Gasteiger partial charge in [0.2, 0.25) is 0 Å². The van der Waals surface area contributed by atoms with E-state index >= 15 is 0 Å². The van der Waals surface area contributed by atoms with Gasteiger partial charge in [0.25, 0.3) is 5.91 Å². The van der Waals surface area contributed by atoms with Crippen LogP contribution >= 0.6 is 0 Å². The van der Waals surface area contributed by atoms with Crippen molar-refractivity contribution in [3.05, 3.63) is 48.0 Å². The normalized spacial score (nSPS) is 12.9. The Morgan fingerprint density at radius 3 is 2.34 bits per heavy atom. The standard InChI is InChI=1S/C21H27N3O2.C2H7N/c1-2-3-14-26-18-9-6-16(7-10-18)21(25)23-17-8-11-20(19(22)15-17)24-12-4-5-13-24;1-3-2/h6-11,15H,2-5,12-14,22H2,1H3,(H,23,25);3H,1-2H3. The number of unbranched alkanes of at least 4 members (excludes halogenated alkanes) is 1. The second-order valence-corrected chi connectivity index (χ2v) is 7.15. The average Bonchev–Trinajstić information content (AvgIpc) is 3.24. The van der Waals surface area contributed by atoms with Crippen LogP contribution in [0.3, 0.4) is 0 Å². The number of nitrogens with zero attached hydrogens (tertiary/aromatic N) is 1. The Bertz CT molecular complexity index is 756. The van der Waals surface area contributed by atoms with Gasteiger partial charge in [-0.3, -0.25) is 4.79 Å². The molecule has 158 valence electrons. The first kappa shape index (κ1) is 22.6. The van der Waals surface area contributed by atoms with Gasteiger partial charge in [0.05, 0.1) is 18.0 Å². The quantitative estimate of drug-likeness (QED) is 0.483. The number of amides is 1. The number of nitrogens with two attached hydrogens (primary N) is 1. The van der Waals surface area contributed by atoms with Gasteiger partial charge in [-0.15, -0.1) is 0 Å². The summed E-state index contributed by atoms with van der Waals surface area (Å²) < 4.78 is 5.62. The maximum absolute atomic E-state index is 12.4. The van der Waals surface area contributed by atoms with Gasteiger partial charge in [0.15, 0.2) is 0 Å². The number of hydrogen-bond acceptors (Lipinski definition) is 5. The lowest BCUT2D eigenvalue weighted by Gasteiger charge is -2.20. The fourth-order valence-electron chi connectivity index (χ4n) is 3.12. The third kappa shape index (κ3) is 6.98. The smallest absolute Gasteiger partial charge is 0.255 e. The lowest BCUT2D eigenvalue weighted by Crippen LogP contribution is -2.19. The molecule has 2 aromatic rings. The van der Waals surface area contributed by atoms with Gasteiger partial charge in [0.1, 0.15) is 5.75 Å². The topological polar surface area (TPSA) is 79.6 Å². The van der Waals surface area contributed by atoms with Crippen molar-refractivity contribution in [1.29, 1.82) is 0 Å². The summed E-state index contributed by atoms with van der Waals surface area (Å²) in [5.41, 5.74) is 9.23. The Labute approximate surface area is 174 Å². The number of anilines is 3. The van der Waals surface area contributed by atoms with Crippen molar-refractivity contribution in [2.24, 2.45) is 0 Å². The van der Waals surface area contributed by atoms with Crippen molar-refractivity contribution in [3.63, 3.8) is 0 Å². The Balaban J connectivity index is 0.000000941. The first-order valence-electron chi connectivity index (χ1n) is 10.4. The number of benzene rings is 2. The summed E-state index contributed by atoms with van der Waals surface area (Å²) in [5.74, 6) is 0.632. The molecule has 2 aromatic carbocycles. The summed E-state index contributed by atoms with van der Waals surface area (Å²) in [6, 6.07) is 12.9. The third-order valence-corrected chi connectivity index (χ3v) is 4.62. The number of nitrogens with one attached hydrogen (secondary N) is 2. The molecule has 6 nitrogen and oxygen atoms in total. The van der Waals surface area contributed by atoms with Crippen LogP contribution in [-0.2, 0) is 0 Å². The molecule has 1 heterocycles. The molecule has 0 aromatic heterocycles. The van der Waals surface area contributed by atoms with Crippen molar-refractivity contribution < 1.29 is 9.53 Å². The van der Waals surface area contributed by atoms with Crippen LogP contribution in [-0.4, -0.2) is 39.7 Å². The fraction of sp³-hybridized carbons (Fsp3) is 0.435. The monoisotopic (exact) mass is 398 g/mol. The van der Waals surface area contributed by atoms with Crippen LogP contribution in [0.5, 0.6) is 5.75 Å². The van der Waals surface area contributed by atoms with Gasteiger partial charge in [-0.1, -0.05) is 13.3 Å². The van der Waals surface area contributed by atoms with Crippen molar-refractivity contribution in [2.75, 3.05) is 49.7 Å². The van der Waals surface area contributed by atoms with Gasteiger partial charge in [0, 0.05) is 24.3 Å². The van der Waals surface area contributed by atoms with Crippen LogP contribution in [0.25, 0.3) is 0 Å². The second kappa shape index (κ2) is 12.0. The van der Waals surface area contributed by atoms with Gasteiger partial charge in [-0.25, -0.2) is 0 Å². The molecule has 0 spiro atoms. The SMILES string of the molecule is CCCCOc1ccc(C(=O)Nc2ccc(N3CCCC3)c(N)c2)cc1.CNC. The first-order valence-corrected chi connectivity index (χ1v) is 10.4. The number of carbonyl (C=O) groups excluding carboxylic acids is 1. The van der Waals surface area contributed by atoms with E-state index in [4.69, 9.17) is 10.5 Å². The molecule has 0 bridgehead atoms. The van der Waals surface area contributed by atoms with Gasteiger partial charge in [-0.2, -0.15) is 0 Å². The number of nitrogen functional groups attached to an aromatic ring is 1. The minimum atomic E-state index is -0.154. The molecular formula is C23H34N4O2. The van der Waals surface area contributed by atoms with E-state index in [1.165, 1.54) is 12.8 Å². The summed E-state index contributed by atoms with van der Waals surface area (Å²) in [4.78, 5) is 14.7. The maximum Gasteiger partial charge on any atom is 0.255 e. The lowest BCUT2D eigenvalue weighted by atomic mass is 10.2. The zero-order valence-corrected chi connectivity index (χ0v) is 17.8. The van der Waals surface area contributed by atoms with Crippen LogP contribution in [0.15, 0.2) is 42.5 Å². The summed E-state index contributed by atoms with van der Waals surface area (Å²) in [5, 5.41) is 5.66. The van der Waals surface area contributed by atoms with Crippen molar-refractivity contribution in [1.82, 2.24) is 5.32 Å². The summed E-state index contributed by atoms with van der Waals surface area (Å²) in [7, 11) is 3.75. The highest BCUT2D eigenvalue weighted by atomic mass is 16.5. The summed E-state index contributed by atoms with van der Waals surface area (Å²) >= 11 is 0. The highest BCUT2D eigenvalue weighted by Gasteiger charge is 2.15. The molecule has 0 saturated carbocycles. The molecule has 0 aliphatic carbocycles. The Morgan fingerprint density at radius 1 is 1.10 bits per heavy atom. The molecule has 3 rings (SSSR count). The van der Waals surface area contributed by atoms with Gasteiger partial charge >= 0.3 is 0 Å². The van der Waals surface area contributed by atoms with Crippen molar-refractivity contribution >= 4 is 23.0 Å². The van der Waals surface area contributed by atoms with E-state index in [2.05, 4.69) is 22.5 Å². The number of hydrogen-bond donors (Lipinski definition) is 3. The maximum atomic E-state index is 12.4. The Hall–Kier alpha value is -2.73. The molecule has 1 aliphatic rings.